The summed E-state index contributed by atoms with van der Waals surface area (Å²) in [4.78, 5) is 14.9. The van der Waals surface area contributed by atoms with Gasteiger partial charge in [-0.25, -0.2) is 0 Å². The molecule has 1 saturated heterocycles. The Hall–Kier alpha value is -3.10. The van der Waals surface area contributed by atoms with Crippen LogP contribution in [0.25, 0.3) is 0 Å². The van der Waals surface area contributed by atoms with Crippen molar-refractivity contribution in [3.05, 3.63) is 119 Å². The van der Waals surface area contributed by atoms with E-state index in [0.29, 0.717) is 19.5 Å². The van der Waals surface area contributed by atoms with Crippen molar-refractivity contribution >= 4 is 13.2 Å². The second-order valence-electron chi connectivity index (χ2n) is 9.09. The van der Waals surface area contributed by atoms with Crippen LogP contribution in [0, 0.1) is 0 Å². The second-order valence-corrected chi connectivity index (χ2v) is 12.0. The molecule has 1 heterocycles. The van der Waals surface area contributed by atoms with Gasteiger partial charge in [-0.2, -0.15) is 0 Å². The van der Waals surface area contributed by atoms with Crippen LogP contribution in [0.4, 0.5) is 0 Å². The van der Waals surface area contributed by atoms with E-state index in [0.717, 1.165) is 35.2 Å². The van der Waals surface area contributed by atoms with Gasteiger partial charge in [0.05, 0.1) is 11.3 Å². The van der Waals surface area contributed by atoms with E-state index in [1.807, 2.05) is 80.6 Å². The highest BCUT2D eigenvalue weighted by atomic mass is 31.2. The first-order chi connectivity index (χ1) is 17.0. The molecular weight excluding hydrogens is 451 g/mol. The van der Waals surface area contributed by atoms with E-state index >= 15 is 4.57 Å². The number of rotatable bonds is 9. The van der Waals surface area contributed by atoms with Gasteiger partial charge in [0.25, 0.3) is 0 Å². The average molecular weight is 487 g/mol. The summed E-state index contributed by atoms with van der Waals surface area (Å²) in [6, 6.07) is 30.4. The molecule has 4 nitrogen and oxygen atoms in total. The summed E-state index contributed by atoms with van der Waals surface area (Å²) >= 11 is 0. The van der Waals surface area contributed by atoms with Crippen LogP contribution < -0.4 is 5.09 Å². The third kappa shape index (κ3) is 5.77. The maximum Gasteiger partial charge on any atom is 0.248 e. The van der Waals surface area contributed by atoms with E-state index in [9.17, 15) is 4.79 Å². The molecule has 1 fully saturated rings. The lowest BCUT2D eigenvalue weighted by molar-refractivity contribution is -0.125. The molecule has 2 atom stereocenters. The van der Waals surface area contributed by atoms with E-state index < -0.39 is 7.29 Å². The molecular formula is C30H35N2O2P. The fourth-order valence-corrected chi connectivity index (χ4v) is 8.77. The van der Waals surface area contributed by atoms with Crippen LogP contribution in [-0.2, 0) is 15.8 Å². The Bertz CT molecular complexity index is 1120. The number of carbonyl (C=O) groups excluding carboxylic acids is 1. The first-order valence-electron chi connectivity index (χ1n) is 12.6. The normalized spacial score (nSPS) is 19.3. The molecule has 5 heteroatoms. The summed E-state index contributed by atoms with van der Waals surface area (Å²) in [6.07, 6.45) is 3.88. The summed E-state index contributed by atoms with van der Waals surface area (Å²) in [5.41, 5.74) is 3.79. The zero-order chi connectivity index (χ0) is 24.7. The minimum atomic E-state index is -3.02. The predicted molar refractivity (Wildman–Crippen MR) is 144 cm³/mol. The Balaban J connectivity index is 1.76. The van der Waals surface area contributed by atoms with Gasteiger partial charge in [-0.1, -0.05) is 91.0 Å². The molecule has 0 radical (unpaired) electrons. The standard InChI is InChI=1S/C30H35N2O2P/c1-3-32(4-2)30(33)23-27(22-24-14-8-5-9-15-24)31-35(34)28(25-16-10-6-11-17-25)20-21-29(35)26-18-12-7-13-19-26/h5-19,23,28-29H,3-4,20-22H2,1-2H3,(H,31,34)/b27-23-/t28-,29-/m0/s1. The van der Waals surface area contributed by atoms with Crippen molar-refractivity contribution in [1.82, 2.24) is 9.99 Å². The number of nitrogens with one attached hydrogen (secondary N) is 1. The van der Waals surface area contributed by atoms with Crippen molar-refractivity contribution in [2.45, 2.75) is 44.4 Å². The Morgan fingerprint density at radius 2 is 1.29 bits per heavy atom. The van der Waals surface area contributed by atoms with Gasteiger partial charge in [0.2, 0.25) is 5.91 Å². The maximum atomic E-state index is 15.1. The van der Waals surface area contributed by atoms with Crippen molar-refractivity contribution in [3.8, 4) is 0 Å². The largest absolute Gasteiger partial charge is 0.340 e. The number of hydrogen-bond acceptors (Lipinski definition) is 2. The Kier molecular flexibility index (Phi) is 8.25. The third-order valence-corrected chi connectivity index (χ3v) is 10.5. The minimum Gasteiger partial charge on any atom is -0.340 e. The van der Waals surface area contributed by atoms with Crippen LogP contribution in [0.15, 0.2) is 103 Å². The molecule has 3 aromatic carbocycles. The van der Waals surface area contributed by atoms with Crippen molar-refractivity contribution in [1.29, 1.82) is 0 Å². The number of allylic oxidation sites excluding steroid dienone is 1. The summed E-state index contributed by atoms with van der Waals surface area (Å²) in [5, 5.41) is 3.54. The zero-order valence-corrected chi connectivity index (χ0v) is 21.5. The Labute approximate surface area is 209 Å². The number of amides is 1. The van der Waals surface area contributed by atoms with E-state index in [1.54, 1.807) is 11.0 Å². The smallest absolute Gasteiger partial charge is 0.248 e. The lowest BCUT2D eigenvalue weighted by Crippen LogP contribution is -2.30. The topological polar surface area (TPSA) is 49.4 Å². The van der Waals surface area contributed by atoms with E-state index in [2.05, 4.69) is 29.4 Å². The average Bonchev–Trinajstić information content (AvgIpc) is 3.22. The number of hydrogen-bond donors (Lipinski definition) is 1. The van der Waals surface area contributed by atoms with E-state index in [-0.39, 0.29) is 17.2 Å². The van der Waals surface area contributed by atoms with Crippen LogP contribution in [0.5, 0.6) is 0 Å². The quantitative estimate of drug-likeness (QED) is 0.259. The molecule has 1 aliphatic heterocycles. The Morgan fingerprint density at radius 1 is 0.829 bits per heavy atom. The van der Waals surface area contributed by atoms with Crippen molar-refractivity contribution in [2.24, 2.45) is 0 Å². The first kappa shape index (κ1) is 25.0. The molecule has 0 unspecified atom stereocenters. The van der Waals surface area contributed by atoms with Gasteiger partial charge in [0.15, 0.2) is 7.29 Å². The monoisotopic (exact) mass is 486 g/mol. The molecule has 1 amide bonds. The minimum absolute atomic E-state index is 0.0493. The molecule has 182 valence electrons. The van der Waals surface area contributed by atoms with Gasteiger partial charge in [-0.3, -0.25) is 9.36 Å². The summed E-state index contributed by atoms with van der Waals surface area (Å²) in [7, 11) is -3.02. The highest BCUT2D eigenvalue weighted by Gasteiger charge is 2.48. The number of nitrogens with zero attached hydrogens (tertiary/aromatic N) is 1. The van der Waals surface area contributed by atoms with Gasteiger partial charge >= 0.3 is 0 Å². The highest BCUT2D eigenvalue weighted by Crippen LogP contribution is 2.74. The van der Waals surface area contributed by atoms with Crippen LogP contribution in [0.1, 0.15) is 54.7 Å². The van der Waals surface area contributed by atoms with Gasteiger partial charge in [0.1, 0.15) is 0 Å². The van der Waals surface area contributed by atoms with Gasteiger partial charge in [-0.05, 0) is 43.4 Å². The second kappa shape index (κ2) is 11.6. The van der Waals surface area contributed by atoms with Crippen molar-refractivity contribution in [2.75, 3.05) is 13.1 Å². The van der Waals surface area contributed by atoms with E-state index in [1.165, 1.54) is 0 Å². The fourth-order valence-electron chi connectivity index (χ4n) is 5.14. The summed E-state index contributed by atoms with van der Waals surface area (Å²) in [6.45, 7) is 5.24. The van der Waals surface area contributed by atoms with Crippen LogP contribution in [0.2, 0.25) is 0 Å². The number of benzene rings is 3. The third-order valence-electron chi connectivity index (χ3n) is 6.94. The Morgan fingerprint density at radius 3 is 1.74 bits per heavy atom. The molecule has 35 heavy (non-hydrogen) atoms. The SMILES string of the molecule is CCN(CC)C(=O)/C=C(/Cc1ccccc1)NP1(=O)[C@H](c2ccccc2)CC[C@H]1c1ccccc1. The summed E-state index contributed by atoms with van der Waals surface area (Å²) in [5.74, 6) is -0.0493. The number of likely N-dealkylation sites (N-methyl/N-ethyl adjacent to an activating group) is 1. The first-order valence-corrected chi connectivity index (χ1v) is 14.4. The molecule has 0 aromatic heterocycles. The van der Waals surface area contributed by atoms with E-state index in [4.69, 9.17) is 0 Å². The highest BCUT2D eigenvalue weighted by molar-refractivity contribution is 7.63. The molecule has 0 bridgehead atoms. The maximum absolute atomic E-state index is 15.1. The predicted octanol–water partition coefficient (Wildman–Crippen LogP) is 7.13. The van der Waals surface area contributed by atoms with Crippen molar-refractivity contribution < 1.29 is 9.36 Å². The molecule has 0 aliphatic carbocycles. The zero-order valence-electron chi connectivity index (χ0n) is 20.6. The van der Waals surface area contributed by atoms with Gasteiger partial charge in [0, 0.05) is 31.3 Å². The molecule has 1 N–H and O–H groups in total. The van der Waals surface area contributed by atoms with Gasteiger partial charge in [-0.15, -0.1) is 0 Å². The van der Waals surface area contributed by atoms with Gasteiger partial charge < -0.3 is 9.99 Å². The lowest BCUT2D eigenvalue weighted by Gasteiger charge is -2.30. The van der Waals surface area contributed by atoms with Crippen LogP contribution in [0.3, 0.4) is 0 Å². The molecule has 1 aliphatic rings. The number of carbonyl (C=O) groups is 1. The molecule has 0 spiro atoms. The fraction of sp³-hybridized carbons (Fsp3) is 0.300. The molecule has 4 rings (SSSR count). The molecule has 0 saturated carbocycles. The summed E-state index contributed by atoms with van der Waals surface area (Å²) < 4.78 is 15.1. The van der Waals surface area contributed by atoms with Crippen LogP contribution in [-0.4, -0.2) is 23.9 Å². The van der Waals surface area contributed by atoms with Crippen molar-refractivity contribution in [3.63, 3.8) is 0 Å². The van der Waals surface area contributed by atoms with Crippen LogP contribution >= 0.6 is 7.29 Å². The molecule has 3 aromatic rings. The lowest BCUT2D eigenvalue weighted by atomic mass is 10.0.